The number of nitrogens with zero attached hydrogens (tertiary/aromatic N) is 2. The third-order valence-corrected chi connectivity index (χ3v) is 4.15. The molecular weight excluding hydrogens is 340 g/mol. The van der Waals surface area contributed by atoms with Gasteiger partial charge < -0.3 is 5.32 Å². The third-order valence-electron chi connectivity index (χ3n) is 3.87. The molecule has 25 heavy (non-hydrogen) atoms. The number of carbonyl (C=O) groups excluding carboxylic acids is 2. The first-order valence-corrected chi connectivity index (χ1v) is 8.30. The zero-order chi connectivity index (χ0) is 18.7. The predicted molar refractivity (Wildman–Crippen MR) is 98.3 cm³/mol. The quantitative estimate of drug-likeness (QED) is 0.805. The van der Waals surface area contributed by atoms with Gasteiger partial charge in [-0.25, -0.2) is 9.78 Å². The Hall–Kier alpha value is -2.47. The zero-order valence-electron chi connectivity index (χ0n) is 14.9. The number of aryl methyl sites for hydroxylation is 3. The van der Waals surface area contributed by atoms with Crippen LogP contribution in [0.5, 0.6) is 0 Å². The molecule has 132 valence electrons. The van der Waals surface area contributed by atoms with Crippen LogP contribution in [0.3, 0.4) is 0 Å². The van der Waals surface area contributed by atoms with Gasteiger partial charge in [0.05, 0.1) is 16.9 Å². The van der Waals surface area contributed by atoms with Gasteiger partial charge in [0, 0.05) is 11.9 Å². The molecule has 0 aliphatic carbocycles. The molecule has 0 atom stereocenters. The summed E-state index contributed by atoms with van der Waals surface area (Å²) in [6.07, 6.45) is 1.69. The topological polar surface area (TPSA) is 84.0 Å². The van der Waals surface area contributed by atoms with Crippen molar-refractivity contribution in [1.29, 1.82) is 0 Å². The van der Waals surface area contributed by atoms with E-state index in [1.165, 1.54) is 0 Å². The van der Waals surface area contributed by atoms with Crippen LogP contribution in [-0.2, 0) is 0 Å². The number of carbonyl (C=O) groups is 2. The van der Waals surface area contributed by atoms with E-state index in [0.29, 0.717) is 5.69 Å². The number of pyridine rings is 2. The van der Waals surface area contributed by atoms with Gasteiger partial charge in [0.15, 0.2) is 0 Å². The van der Waals surface area contributed by atoms with E-state index in [9.17, 15) is 9.59 Å². The normalized spacial score (nSPS) is 10.7. The number of imide groups is 1. The summed E-state index contributed by atoms with van der Waals surface area (Å²) >= 11 is 6.02. The summed E-state index contributed by atoms with van der Waals surface area (Å²) in [5, 5.41) is 5.06. The monoisotopic (exact) mass is 360 g/mol. The molecule has 0 fully saturated rings. The van der Waals surface area contributed by atoms with Gasteiger partial charge in [-0.1, -0.05) is 25.4 Å². The van der Waals surface area contributed by atoms with Gasteiger partial charge in [-0.15, -0.1) is 0 Å². The van der Waals surface area contributed by atoms with Crippen molar-refractivity contribution < 1.29 is 9.59 Å². The lowest BCUT2D eigenvalue weighted by Gasteiger charge is -2.15. The summed E-state index contributed by atoms with van der Waals surface area (Å²) in [6.45, 7) is 9.46. The lowest BCUT2D eigenvalue weighted by molar-refractivity contribution is 0.0967. The molecule has 0 unspecified atom stereocenters. The zero-order valence-corrected chi connectivity index (χ0v) is 15.7. The minimum Gasteiger partial charge on any atom is -0.306 e. The lowest BCUT2D eigenvalue weighted by atomic mass is 10.1. The average molecular weight is 361 g/mol. The Morgan fingerprint density at radius 1 is 1.16 bits per heavy atom. The molecule has 0 aliphatic heterocycles. The minimum absolute atomic E-state index is 0.0637. The fourth-order valence-corrected chi connectivity index (χ4v) is 2.60. The van der Waals surface area contributed by atoms with E-state index in [1.54, 1.807) is 25.3 Å². The Labute approximate surface area is 152 Å². The van der Waals surface area contributed by atoms with E-state index in [1.807, 2.05) is 27.7 Å². The second-order valence-corrected chi connectivity index (χ2v) is 6.54. The summed E-state index contributed by atoms with van der Waals surface area (Å²) < 4.78 is 0. The van der Waals surface area contributed by atoms with E-state index in [0.717, 1.165) is 22.5 Å². The maximum Gasteiger partial charge on any atom is 0.326 e. The highest BCUT2D eigenvalue weighted by Crippen LogP contribution is 2.25. The van der Waals surface area contributed by atoms with Gasteiger partial charge in [-0.05, 0) is 49.9 Å². The summed E-state index contributed by atoms with van der Waals surface area (Å²) in [5.41, 5.74) is 3.94. The van der Waals surface area contributed by atoms with Gasteiger partial charge in [-0.3, -0.25) is 15.1 Å². The molecule has 0 spiro atoms. The largest absolute Gasteiger partial charge is 0.326 e. The molecule has 6 nitrogen and oxygen atoms in total. The summed E-state index contributed by atoms with van der Waals surface area (Å²) in [4.78, 5) is 33.0. The Morgan fingerprint density at radius 3 is 2.48 bits per heavy atom. The first-order valence-electron chi connectivity index (χ1n) is 7.92. The van der Waals surface area contributed by atoms with Crippen LogP contribution in [0.25, 0.3) is 0 Å². The number of nitrogens with one attached hydrogen (secondary N) is 2. The van der Waals surface area contributed by atoms with Crippen molar-refractivity contribution in [3.05, 3.63) is 51.6 Å². The van der Waals surface area contributed by atoms with Crippen LogP contribution < -0.4 is 10.6 Å². The molecule has 0 aliphatic rings. The van der Waals surface area contributed by atoms with Crippen molar-refractivity contribution in [3.8, 4) is 0 Å². The van der Waals surface area contributed by atoms with Crippen LogP contribution in [-0.4, -0.2) is 21.9 Å². The molecule has 0 saturated heterocycles. The van der Waals surface area contributed by atoms with Crippen LogP contribution >= 0.6 is 11.6 Å². The summed E-state index contributed by atoms with van der Waals surface area (Å²) in [6, 6.07) is 2.77. The van der Waals surface area contributed by atoms with Crippen LogP contribution in [0.2, 0.25) is 5.15 Å². The molecule has 0 aromatic carbocycles. The Bertz CT molecular complexity index is 834. The number of urea groups is 1. The summed E-state index contributed by atoms with van der Waals surface area (Å²) in [7, 11) is 0. The number of hydrogen-bond acceptors (Lipinski definition) is 4. The summed E-state index contributed by atoms with van der Waals surface area (Å²) in [5.74, 6) is -0.477. The number of amides is 3. The van der Waals surface area contributed by atoms with Crippen molar-refractivity contribution in [2.45, 2.75) is 40.5 Å². The Kier molecular flexibility index (Phi) is 5.74. The molecule has 3 amide bonds. The van der Waals surface area contributed by atoms with Crippen molar-refractivity contribution in [3.63, 3.8) is 0 Å². The Morgan fingerprint density at radius 2 is 1.84 bits per heavy atom. The van der Waals surface area contributed by atoms with Crippen molar-refractivity contribution in [1.82, 2.24) is 15.3 Å². The first kappa shape index (κ1) is 18.9. The SMILES string of the molecule is Cc1cc(C(=O)NC(=O)Nc2c(C)ccnc2C(C)C)c(Cl)nc1C. The van der Waals surface area contributed by atoms with Crippen LogP contribution in [0, 0.1) is 20.8 Å². The van der Waals surface area contributed by atoms with E-state index < -0.39 is 11.9 Å². The average Bonchev–Trinajstić information content (AvgIpc) is 2.52. The molecule has 2 aromatic heterocycles. The number of halogens is 1. The molecule has 0 bridgehead atoms. The molecule has 7 heteroatoms. The van der Waals surface area contributed by atoms with Crippen molar-refractivity contribution >= 4 is 29.2 Å². The fraction of sp³-hybridized carbons (Fsp3) is 0.333. The van der Waals surface area contributed by atoms with Crippen LogP contribution in [0.15, 0.2) is 18.3 Å². The lowest BCUT2D eigenvalue weighted by Crippen LogP contribution is -2.35. The first-order chi connectivity index (χ1) is 11.7. The smallest absolute Gasteiger partial charge is 0.306 e. The minimum atomic E-state index is -0.641. The number of hydrogen-bond donors (Lipinski definition) is 2. The highest BCUT2D eigenvalue weighted by molar-refractivity contribution is 6.33. The van der Waals surface area contributed by atoms with E-state index in [-0.39, 0.29) is 16.6 Å². The molecule has 2 rings (SSSR count). The fourth-order valence-electron chi connectivity index (χ4n) is 2.33. The maximum absolute atomic E-state index is 12.3. The standard InChI is InChI=1S/C18H21ClN4O2/c1-9(2)14-15(10(3)6-7-20-14)22-18(25)23-17(24)13-8-11(4)12(5)21-16(13)19/h6-9H,1-5H3,(H2,22,23,24,25). The molecule has 0 radical (unpaired) electrons. The van der Waals surface area contributed by atoms with Crippen molar-refractivity contribution in [2.75, 3.05) is 5.32 Å². The van der Waals surface area contributed by atoms with Gasteiger partial charge in [0.2, 0.25) is 0 Å². The highest BCUT2D eigenvalue weighted by Gasteiger charge is 2.18. The second-order valence-electron chi connectivity index (χ2n) is 6.18. The van der Waals surface area contributed by atoms with E-state index >= 15 is 0 Å². The van der Waals surface area contributed by atoms with Gasteiger partial charge in [-0.2, -0.15) is 0 Å². The van der Waals surface area contributed by atoms with Gasteiger partial charge in [0.25, 0.3) is 5.91 Å². The molecule has 0 saturated carbocycles. The maximum atomic E-state index is 12.3. The highest BCUT2D eigenvalue weighted by atomic mass is 35.5. The molecule has 2 aromatic rings. The van der Waals surface area contributed by atoms with E-state index in [4.69, 9.17) is 11.6 Å². The molecular formula is C18H21ClN4O2. The number of anilines is 1. The van der Waals surface area contributed by atoms with Crippen molar-refractivity contribution in [2.24, 2.45) is 0 Å². The number of aromatic nitrogens is 2. The van der Waals surface area contributed by atoms with Crippen LogP contribution in [0.4, 0.5) is 10.5 Å². The predicted octanol–water partition coefficient (Wildman–Crippen LogP) is 4.14. The second kappa shape index (κ2) is 7.61. The van der Waals surface area contributed by atoms with Crippen LogP contribution in [0.1, 0.15) is 52.6 Å². The van der Waals surface area contributed by atoms with E-state index in [2.05, 4.69) is 20.6 Å². The Balaban J connectivity index is 2.19. The molecule has 2 N–H and O–H groups in total. The van der Waals surface area contributed by atoms with Gasteiger partial charge >= 0.3 is 6.03 Å². The van der Waals surface area contributed by atoms with Gasteiger partial charge in [0.1, 0.15) is 5.15 Å². The number of rotatable bonds is 3. The third kappa shape index (κ3) is 4.33. The molecule has 2 heterocycles.